The highest BCUT2D eigenvalue weighted by molar-refractivity contribution is 7.92. The van der Waals surface area contributed by atoms with Gasteiger partial charge in [-0.1, -0.05) is 13.0 Å². The second-order valence-corrected chi connectivity index (χ2v) is 13.9. The van der Waals surface area contributed by atoms with Crippen LogP contribution in [0, 0.1) is 17.1 Å². The highest BCUT2D eigenvalue weighted by atomic mass is 32.2. The second kappa shape index (κ2) is 12.4. The Bertz CT molecular complexity index is 1970. The quantitative estimate of drug-likeness (QED) is 0.231. The Kier molecular flexibility index (Phi) is 9.16. The van der Waals surface area contributed by atoms with Crippen LogP contribution in [-0.2, 0) is 27.2 Å². The summed E-state index contributed by atoms with van der Waals surface area (Å²) in [4.78, 5) is 37.7. The maximum Gasteiger partial charge on any atom is 0.419 e. The minimum absolute atomic E-state index is 0.0101. The molecule has 0 aliphatic heterocycles. The monoisotopic (exact) mass is 643 g/mol. The van der Waals surface area contributed by atoms with E-state index in [0.717, 1.165) is 11.0 Å². The van der Waals surface area contributed by atoms with Gasteiger partial charge in [-0.2, -0.15) is 18.4 Å². The predicted molar refractivity (Wildman–Crippen MR) is 159 cm³/mol. The van der Waals surface area contributed by atoms with Gasteiger partial charge >= 0.3 is 6.18 Å². The fourth-order valence-corrected chi connectivity index (χ4v) is 6.02. The Balaban J connectivity index is 1.91. The predicted octanol–water partition coefficient (Wildman–Crippen LogP) is 5.16. The molecule has 1 atom stereocenters. The van der Waals surface area contributed by atoms with Crippen molar-refractivity contribution in [2.75, 3.05) is 12.3 Å². The van der Waals surface area contributed by atoms with E-state index >= 15 is 0 Å². The number of carbonyl (C=O) groups is 1. The molecule has 0 unspecified atom stereocenters. The molecule has 2 aromatic carbocycles. The van der Waals surface area contributed by atoms with E-state index in [1.165, 1.54) is 68.8 Å². The second-order valence-electron chi connectivity index (χ2n) is 11.0. The molecule has 0 aliphatic carbocycles. The van der Waals surface area contributed by atoms with Gasteiger partial charge < -0.3 is 4.90 Å². The molecule has 9 nitrogen and oxygen atoms in total. The van der Waals surface area contributed by atoms with Gasteiger partial charge in [-0.05, 0) is 74.9 Å². The third-order valence-electron chi connectivity index (χ3n) is 7.55. The van der Waals surface area contributed by atoms with Crippen molar-refractivity contribution >= 4 is 26.8 Å². The van der Waals surface area contributed by atoms with Crippen molar-refractivity contribution in [2.24, 2.45) is 0 Å². The lowest BCUT2D eigenvalue weighted by molar-refractivity contribution is -0.140. The molecule has 4 aromatic rings. The highest BCUT2D eigenvalue weighted by Crippen LogP contribution is 2.33. The summed E-state index contributed by atoms with van der Waals surface area (Å²) in [7, 11) is -3.78. The lowest BCUT2D eigenvalue weighted by Gasteiger charge is -2.36. The minimum atomic E-state index is -5.01. The zero-order valence-electron chi connectivity index (χ0n) is 24.8. The Morgan fingerprint density at radius 1 is 1.11 bits per heavy atom. The first-order valence-corrected chi connectivity index (χ1v) is 15.4. The molecule has 2 aromatic heterocycles. The number of carbonyl (C=O) groups excluding carboxylic acids is 1. The fourth-order valence-electron chi connectivity index (χ4n) is 4.91. The largest absolute Gasteiger partial charge is 0.419 e. The molecule has 45 heavy (non-hydrogen) atoms. The molecule has 2 heterocycles. The molecule has 0 N–H and O–H groups in total. The van der Waals surface area contributed by atoms with E-state index in [9.17, 15) is 40.8 Å². The molecule has 0 bridgehead atoms. The smallest absolute Gasteiger partial charge is 0.331 e. The van der Waals surface area contributed by atoms with E-state index < -0.39 is 62.6 Å². The molecular formula is C31H29F4N5O4S. The maximum atomic E-state index is 14.0. The van der Waals surface area contributed by atoms with Crippen LogP contribution in [0.4, 0.5) is 17.6 Å². The third-order valence-corrected chi connectivity index (χ3v) is 10.1. The number of benzene rings is 2. The number of nitrogens with zero attached hydrogens (tertiary/aromatic N) is 5. The van der Waals surface area contributed by atoms with Gasteiger partial charge in [0.2, 0.25) is 5.91 Å². The Labute approximate surface area is 256 Å². The number of rotatable bonds is 9. The van der Waals surface area contributed by atoms with Crippen LogP contribution < -0.4 is 5.56 Å². The number of hydrogen-bond acceptors (Lipinski definition) is 7. The average Bonchev–Trinajstić information content (AvgIpc) is 2.99. The van der Waals surface area contributed by atoms with Crippen molar-refractivity contribution in [3.8, 4) is 11.8 Å². The van der Waals surface area contributed by atoms with Crippen LogP contribution >= 0.6 is 0 Å². The van der Waals surface area contributed by atoms with Crippen LogP contribution in [0.25, 0.3) is 16.7 Å². The molecule has 14 heteroatoms. The molecule has 0 aliphatic rings. The Morgan fingerprint density at radius 3 is 2.38 bits per heavy atom. The molecular weight excluding hydrogens is 614 g/mol. The first-order chi connectivity index (χ1) is 21.0. The number of pyridine rings is 1. The lowest BCUT2D eigenvalue weighted by atomic mass is 10.0. The molecule has 0 radical (unpaired) electrons. The van der Waals surface area contributed by atoms with Crippen molar-refractivity contribution in [3.63, 3.8) is 0 Å². The summed E-state index contributed by atoms with van der Waals surface area (Å²) in [5.41, 5.74) is -1.59. The summed E-state index contributed by atoms with van der Waals surface area (Å²) in [5, 5.41) is 9.40. The van der Waals surface area contributed by atoms with Gasteiger partial charge in [0.1, 0.15) is 11.6 Å². The van der Waals surface area contributed by atoms with Crippen molar-refractivity contribution in [1.82, 2.24) is 19.4 Å². The van der Waals surface area contributed by atoms with Crippen LogP contribution in [0.1, 0.15) is 56.3 Å². The van der Waals surface area contributed by atoms with Crippen molar-refractivity contribution < 1.29 is 30.8 Å². The average molecular weight is 644 g/mol. The van der Waals surface area contributed by atoms with Crippen LogP contribution in [0.3, 0.4) is 0 Å². The number of aromatic nitrogens is 3. The number of sulfone groups is 1. The Hall–Kier alpha value is -4.64. The Morgan fingerprint density at radius 2 is 1.78 bits per heavy atom. The summed E-state index contributed by atoms with van der Waals surface area (Å²) in [5.74, 6) is -2.55. The topological polar surface area (TPSA) is 126 Å². The van der Waals surface area contributed by atoms with E-state index in [2.05, 4.69) is 9.97 Å². The fraction of sp³-hybridized carbons (Fsp3) is 0.323. The van der Waals surface area contributed by atoms with Crippen LogP contribution in [-0.4, -0.2) is 50.8 Å². The molecule has 0 saturated carbocycles. The van der Waals surface area contributed by atoms with Crippen molar-refractivity contribution in [3.05, 3.63) is 99.5 Å². The summed E-state index contributed by atoms with van der Waals surface area (Å²) in [6.45, 7) is 5.38. The summed E-state index contributed by atoms with van der Waals surface area (Å²) in [6, 6.07) is 12.1. The normalized spacial score (nSPS) is 13.0. The zero-order chi connectivity index (χ0) is 33.3. The third kappa shape index (κ3) is 6.73. The maximum absolute atomic E-state index is 14.0. The SMILES string of the molecule is CCS(=O)(=O)C(C)(C)CN(C(=O)Cc1ccc(F)c(C(F)(F)F)c1)[C@H](C)c1nc2ncccc2c(=O)n1-c1ccc(C#N)cc1. The molecule has 0 saturated heterocycles. The van der Waals surface area contributed by atoms with E-state index in [-0.39, 0.29) is 28.2 Å². The number of fused-ring (bicyclic) bond motifs is 1. The minimum Gasteiger partial charge on any atom is -0.331 e. The van der Waals surface area contributed by atoms with Gasteiger partial charge in [-0.25, -0.2) is 22.8 Å². The number of amides is 1. The van der Waals surface area contributed by atoms with E-state index in [1.54, 1.807) is 6.07 Å². The van der Waals surface area contributed by atoms with E-state index in [0.29, 0.717) is 23.4 Å². The number of alkyl halides is 3. The summed E-state index contributed by atoms with van der Waals surface area (Å²) < 4.78 is 80.0. The highest BCUT2D eigenvalue weighted by Gasteiger charge is 2.39. The molecule has 0 fully saturated rings. The summed E-state index contributed by atoms with van der Waals surface area (Å²) >= 11 is 0. The number of hydrogen-bond donors (Lipinski definition) is 0. The van der Waals surface area contributed by atoms with Gasteiger partial charge in [-0.15, -0.1) is 0 Å². The molecule has 236 valence electrons. The van der Waals surface area contributed by atoms with Gasteiger partial charge in [0, 0.05) is 18.5 Å². The van der Waals surface area contributed by atoms with Gasteiger partial charge in [0.05, 0.1) is 45.5 Å². The standard InChI is InChI=1S/C31H29F4N5O4S/c1-5-45(43,44)30(3,4)18-39(26(41)16-21-10-13-25(32)24(15-21)31(33,34)35)19(2)28-38-27-23(7-6-14-37-27)29(42)40(28)22-11-8-20(17-36)9-12-22/h6-15,19H,5,16,18H2,1-4H3/t19-/m1/s1. The number of nitriles is 1. The van der Waals surface area contributed by atoms with Gasteiger partial charge in [0.25, 0.3) is 5.56 Å². The molecule has 4 rings (SSSR count). The zero-order valence-corrected chi connectivity index (χ0v) is 25.6. The first-order valence-electron chi connectivity index (χ1n) is 13.8. The summed E-state index contributed by atoms with van der Waals surface area (Å²) in [6.07, 6.45) is -4.22. The van der Waals surface area contributed by atoms with E-state index in [1.807, 2.05) is 6.07 Å². The van der Waals surface area contributed by atoms with Crippen molar-refractivity contribution in [2.45, 2.75) is 51.1 Å². The molecule has 1 amide bonds. The lowest BCUT2D eigenvalue weighted by Crippen LogP contribution is -2.49. The van der Waals surface area contributed by atoms with E-state index in [4.69, 9.17) is 0 Å². The van der Waals surface area contributed by atoms with Gasteiger partial charge in [-0.3, -0.25) is 14.2 Å². The van der Waals surface area contributed by atoms with Crippen LogP contribution in [0.5, 0.6) is 0 Å². The van der Waals surface area contributed by atoms with Crippen molar-refractivity contribution in [1.29, 1.82) is 5.26 Å². The molecule has 0 spiro atoms. The van der Waals surface area contributed by atoms with Crippen LogP contribution in [0.15, 0.2) is 65.6 Å². The first kappa shape index (κ1) is 33.3. The van der Waals surface area contributed by atoms with Crippen LogP contribution in [0.2, 0.25) is 0 Å². The van der Waals surface area contributed by atoms with Gasteiger partial charge in [0.15, 0.2) is 15.5 Å². The number of halogens is 4.